The van der Waals surface area contributed by atoms with Crippen molar-refractivity contribution in [3.63, 3.8) is 0 Å². The molecule has 0 amide bonds. The second kappa shape index (κ2) is 4.20. The lowest BCUT2D eigenvalue weighted by molar-refractivity contribution is 0.522. The minimum Gasteiger partial charge on any atom is -0.224 e. The van der Waals surface area contributed by atoms with E-state index in [4.69, 9.17) is 0 Å². The molecule has 0 aromatic heterocycles. The average molecular weight is 239 g/mol. The van der Waals surface area contributed by atoms with Crippen LogP contribution >= 0.6 is 0 Å². The first-order chi connectivity index (χ1) is 7.27. The fraction of sp³-hybridized carbons (Fsp3) is 0.364. The molecule has 1 aromatic carbocycles. The molecule has 0 spiro atoms. The summed E-state index contributed by atoms with van der Waals surface area (Å²) in [6.45, 7) is 3.44. The average Bonchev–Trinajstić information content (AvgIpc) is 2.16. The molecule has 0 unspecified atom stereocenters. The van der Waals surface area contributed by atoms with Crippen molar-refractivity contribution in [2.24, 2.45) is 4.99 Å². The Morgan fingerprint density at radius 2 is 1.94 bits per heavy atom. The number of carbonyl (C=O) groups excluding carboxylic acids is 1. The molecule has 0 atom stereocenters. The number of aliphatic imine (C=N–C) groups is 1. The minimum absolute atomic E-state index is 0.221. The predicted octanol–water partition coefficient (Wildman–Crippen LogP) is 1.66. The van der Waals surface area contributed by atoms with E-state index in [1.165, 1.54) is 18.2 Å². The van der Waals surface area contributed by atoms with Crippen molar-refractivity contribution in [3.8, 4) is 0 Å². The van der Waals surface area contributed by atoms with Gasteiger partial charge in [-0.05, 0) is 31.5 Å². The maximum absolute atomic E-state index is 11.4. The Labute approximate surface area is 94.9 Å². The Balaban J connectivity index is 3.34. The molecule has 0 aliphatic rings. The van der Waals surface area contributed by atoms with Gasteiger partial charge in [0.15, 0.2) is 9.84 Å². The molecule has 1 aromatic rings. The van der Waals surface area contributed by atoms with Crippen LogP contribution in [0.25, 0.3) is 0 Å². The fourth-order valence-electron chi connectivity index (χ4n) is 1.29. The van der Waals surface area contributed by atoms with E-state index in [0.29, 0.717) is 5.56 Å². The summed E-state index contributed by atoms with van der Waals surface area (Å²) in [5.41, 5.74) is -0.0959. The van der Waals surface area contributed by atoms with Crippen LogP contribution in [0.1, 0.15) is 19.4 Å². The summed E-state index contributed by atoms with van der Waals surface area (Å²) >= 11 is 0. The van der Waals surface area contributed by atoms with Gasteiger partial charge < -0.3 is 0 Å². The van der Waals surface area contributed by atoms with Crippen molar-refractivity contribution >= 4 is 15.9 Å². The molecule has 0 radical (unpaired) electrons. The van der Waals surface area contributed by atoms with Gasteiger partial charge >= 0.3 is 0 Å². The molecule has 0 aliphatic carbocycles. The number of sulfone groups is 1. The smallest absolute Gasteiger partial charge is 0.224 e. The maximum atomic E-state index is 11.4. The third kappa shape index (κ3) is 2.78. The van der Waals surface area contributed by atoms with Crippen molar-refractivity contribution in [2.45, 2.75) is 24.3 Å². The van der Waals surface area contributed by atoms with Gasteiger partial charge in [0, 0.05) is 6.26 Å². The zero-order chi connectivity index (χ0) is 12.4. The largest absolute Gasteiger partial charge is 0.235 e. The lowest BCUT2D eigenvalue weighted by Gasteiger charge is -2.18. The zero-order valence-electron chi connectivity index (χ0n) is 9.39. The second-order valence-electron chi connectivity index (χ2n) is 4.06. The molecule has 0 saturated carbocycles. The predicted molar refractivity (Wildman–Crippen MR) is 60.7 cm³/mol. The van der Waals surface area contributed by atoms with E-state index < -0.39 is 15.4 Å². The molecule has 1 rings (SSSR count). The Hall–Kier alpha value is -1.45. The van der Waals surface area contributed by atoms with Gasteiger partial charge in [0.25, 0.3) is 0 Å². The first-order valence-electron chi connectivity index (χ1n) is 4.67. The number of hydrogen-bond donors (Lipinski definition) is 0. The van der Waals surface area contributed by atoms with E-state index >= 15 is 0 Å². The number of nitrogens with zero attached hydrogens (tertiary/aromatic N) is 1. The minimum atomic E-state index is -3.24. The zero-order valence-corrected chi connectivity index (χ0v) is 10.2. The van der Waals surface area contributed by atoms with Crippen molar-refractivity contribution < 1.29 is 13.2 Å². The molecule has 0 saturated heterocycles. The van der Waals surface area contributed by atoms with Crippen molar-refractivity contribution in [3.05, 3.63) is 29.8 Å². The highest BCUT2D eigenvalue weighted by atomic mass is 32.2. The van der Waals surface area contributed by atoms with Gasteiger partial charge in [0.1, 0.15) is 0 Å². The Bertz CT molecular complexity index is 540. The summed E-state index contributed by atoms with van der Waals surface area (Å²) in [7, 11) is -3.24. The summed E-state index contributed by atoms with van der Waals surface area (Å²) in [5.74, 6) is 0. The van der Waals surface area contributed by atoms with Gasteiger partial charge in [-0.3, -0.25) is 0 Å². The van der Waals surface area contributed by atoms with Gasteiger partial charge in [-0.15, -0.1) is 0 Å². The van der Waals surface area contributed by atoms with Crippen LogP contribution in [-0.2, 0) is 20.2 Å². The molecule has 0 bridgehead atoms. The summed E-state index contributed by atoms with van der Waals surface area (Å²) < 4.78 is 22.7. The molecule has 0 N–H and O–H groups in total. The van der Waals surface area contributed by atoms with E-state index in [1.807, 2.05) is 0 Å². The van der Waals surface area contributed by atoms with E-state index in [-0.39, 0.29) is 4.90 Å². The SMILES string of the molecule is CC(C)(N=C=O)c1cccc(S(C)(=O)=O)c1. The maximum Gasteiger partial charge on any atom is 0.235 e. The first kappa shape index (κ1) is 12.6. The molecule has 86 valence electrons. The van der Waals surface area contributed by atoms with Crippen LogP contribution in [-0.4, -0.2) is 20.8 Å². The molecule has 16 heavy (non-hydrogen) atoms. The number of hydrogen-bond acceptors (Lipinski definition) is 4. The van der Waals surface area contributed by atoms with Crippen LogP contribution in [0.4, 0.5) is 0 Å². The van der Waals surface area contributed by atoms with Gasteiger partial charge in [0.2, 0.25) is 6.08 Å². The van der Waals surface area contributed by atoms with Crippen molar-refractivity contribution in [1.82, 2.24) is 0 Å². The van der Waals surface area contributed by atoms with Crippen LogP contribution in [0.2, 0.25) is 0 Å². The Kier molecular flexibility index (Phi) is 3.31. The van der Waals surface area contributed by atoms with Crippen LogP contribution in [0.15, 0.2) is 34.2 Å². The Morgan fingerprint density at radius 1 is 1.31 bits per heavy atom. The van der Waals surface area contributed by atoms with Crippen LogP contribution in [0, 0.1) is 0 Å². The van der Waals surface area contributed by atoms with Crippen LogP contribution in [0.5, 0.6) is 0 Å². The second-order valence-corrected chi connectivity index (χ2v) is 6.08. The van der Waals surface area contributed by atoms with Gasteiger partial charge in [-0.1, -0.05) is 12.1 Å². The molecule has 0 fully saturated rings. The molecule has 5 heteroatoms. The summed E-state index contributed by atoms with van der Waals surface area (Å²) in [5, 5.41) is 0. The summed E-state index contributed by atoms with van der Waals surface area (Å²) in [6.07, 6.45) is 2.63. The fourth-order valence-corrected chi connectivity index (χ4v) is 1.95. The van der Waals surface area contributed by atoms with Crippen LogP contribution < -0.4 is 0 Å². The highest BCUT2D eigenvalue weighted by Crippen LogP contribution is 2.26. The number of isocyanates is 1. The normalized spacial score (nSPS) is 11.9. The third-order valence-electron chi connectivity index (χ3n) is 2.29. The van der Waals surface area contributed by atoms with E-state index in [0.717, 1.165) is 6.26 Å². The molecular formula is C11H13NO3S. The van der Waals surface area contributed by atoms with Crippen molar-refractivity contribution in [1.29, 1.82) is 0 Å². The monoisotopic (exact) mass is 239 g/mol. The third-order valence-corrected chi connectivity index (χ3v) is 3.40. The number of benzene rings is 1. The van der Waals surface area contributed by atoms with E-state index in [9.17, 15) is 13.2 Å². The number of rotatable bonds is 3. The molecule has 0 heterocycles. The molecule has 0 aliphatic heterocycles. The highest BCUT2D eigenvalue weighted by Gasteiger charge is 2.20. The lowest BCUT2D eigenvalue weighted by Crippen LogP contribution is -2.14. The van der Waals surface area contributed by atoms with E-state index in [2.05, 4.69) is 4.99 Å². The van der Waals surface area contributed by atoms with Gasteiger partial charge in [-0.2, -0.15) is 4.99 Å². The highest BCUT2D eigenvalue weighted by molar-refractivity contribution is 7.90. The van der Waals surface area contributed by atoms with Gasteiger partial charge in [0.05, 0.1) is 10.4 Å². The quantitative estimate of drug-likeness (QED) is 0.595. The van der Waals surface area contributed by atoms with E-state index in [1.54, 1.807) is 26.0 Å². The topological polar surface area (TPSA) is 63.6 Å². The summed E-state index contributed by atoms with van der Waals surface area (Å²) in [6, 6.07) is 6.40. The lowest BCUT2D eigenvalue weighted by atomic mass is 9.95. The molecule has 4 nitrogen and oxygen atoms in total. The van der Waals surface area contributed by atoms with Crippen LogP contribution in [0.3, 0.4) is 0 Å². The summed E-state index contributed by atoms with van der Waals surface area (Å²) in [4.78, 5) is 14.1. The van der Waals surface area contributed by atoms with Gasteiger partial charge in [-0.25, -0.2) is 13.2 Å². The Morgan fingerprint density at radius 3 is 2.44 bits per heavy atom. The molecular weight excluding hydrogens is 226 g/mol. The first-order valence-corrected chi connectivity index (χ1v) is 6.56. The standard InChI is InChI=1S/C11H13NO3S/c1-11(2,12-8-13)9-5-4-6-10(7-9)16(3,14)15/h4-7H,1-3H3. The van der Waals surface area contributed by atoms with Crippen molar-refractivity contribution in [2.75, 3.05) is 6.26 Å².